The summed E-state index contributed by atoms with van der Waals surface area (Å²) < 4.78 is 0. The highest BCUT2D eigenvalue weighted by atomic mass is 16.1. The van der Waals surface area contributed by atoms with Crippen molar-refractivity contribution in [3.05, 3.63) is 48.0 Å². The van der Waals surface area contributed by atoms with Crippen LogP contribution in [0.15, 0.2) is 42.5 Å². The number of carbonyl (C=O) groups excluding carboxylic acids is 1. The van der Waals surface area contributed by atoms with Crippen LogP contribution in [0.1, 0.15) is 17.3 Å². The van der Waals surface area contributed by atoms with Crippen LogP contribution in [0.2, 0.25) is 0 Å². The molecule has 0 amide bonds. The van der Waals surface area contributed by atoms with Gasteiger partial charge in [0.25, 0.3) is 0 Å². The number of aromatic nitrogens is 2. The molecule has 0 saturated heterocycles. The molecule has 0 bridgehead atoms. The number of imidazole rings is 1. The van der Waals surface area contributed by atoms with Crippen molar-refractivity contribution >= 4 is 22.5 Å². The summed E-state index contributed by atoms with van der Waals surface area (Å²) in [4.78, 5) is 19.1. The van der Waals surface area contributed by atoms with Gasteiger partial charge < -0.3 is 10.7 Å². The monoisotopic (exact) mass is 251 g/mol. The van der Waals surface area contributed by atoms with Crippen LogP contribution in [-0.2, 0) is 0 Å². The molecular formula is C15H13N3O. The van der Waals surface area contributed by atoms with Crippen molar-refractivity contribution in [2.24, 2.45) is 0 Å². The maximum Gasteiger partial charge on any atom is 0.159 e. The highest BCUT2D eigenvalue weighted by Crippen LogP contribution is 2.22. The zero-order valence-corrected chi connectivity index (χ0v) is 10.5. The van der Waals surface area contributed by atoms with Crippen molar-refractivity contribution in [2.45, 2.75) is 6.92 Å². The molecule has 94 valence electrons. The molecule has 3 rings (SSSR count). The second-order valence-corrected chi connectivity index (χ2v) is 4.50. The molecule has 3 N–H and O–H groups in total. The molecule has 4 heteroatoms. The van der Waals surface area contributed by atoms with Crippen LogP contribution in [0.3, 0.4) is 0 Å². The molecule has 3 aromatic rings. The average molecular weight is 251 g/mol. The van der Waals surface area contributed by atoms with Gasteiger partial charge in [0.05, 0.1) is 11.0 Å². The fourth-order valence-electron chi connectivity index (χ4n) is 2.05. The summed E-state index contributed by atoms with van der Waals surface area (Å²) in [5, 5.41) is 0. The summed E-state index contributed by atoms with van der Waals surface area (Å²) in [5.41, 5.74) is 9.75. The molecule has 1 heterocycles. The Morgan fingerprint density at radius 3 is 2.79 bits per heavy atom. The Hall–Kier alpha value is -2.62. The number of ketones is 1. The van der Waals surface area contributed by atoms with Gasteiger partial charge >= 0.3 is 0 Å². The van der Waals surface area contributed by atoms with E-state index in [0.29, 0.717) is 11.3 Å². The minimum Gasteiger partial charge on any atom is -0.399 e. The Kier molecular flexibility index (Phi) is 2.56. The molecule has 0 spiro atoms. The molecule has 19 heavy (non-hydrogen) atoms. The number of nitrogen functional groups attached to an aromatic ring is 1. The molecule has 0 aliphatic carbocycles. The smallest absolute Gasteiger partial charge is 0.159 e. The van der Waals surface area contributed by atoms with Crippen LogP contribution >= 0.6 is 0 Å². The predicted octanol–water partition coefficient (Wildman–Crippen LogP) is 3.01. The normalized spacial score (nSPS) is 10.8. The number of rotatable bonds is 2. The van der Waals surface area contributed by atoms with E-state index in [0.717, 1.165) is 22.4 Å². The number of nitrogens with one attached hydrogen (secondary N) is 1. The molecule has 0 unspecified atom stereocenters. The number of nitrogens with zero attached hydrogens (tertiary/aromatic N) is 1. The van der Waals surface area contributed by atoms with Crippen LogP contribution in [0.5, 0.6) is 0 Å². The van der Waals surface area contributed by atoms with Gasteiger partial charge in [-0.1, -0.05) is 12.1 Å². The first kappa shape index (κ1) is 11.5. The first-order valence-corrected chi connectivity index (χ1v) is 6.00. The molecule has 2 aromatic carbocycles. The quantitative estimate of drug-likeness (QED) is 0.543. The van der Waals surface area contributed by atoms with Gasteiger partial charge in [0, 0.05) is 16.8 Å². The van der Waals surface area contributed by atoms with Crippen molar-refractivity contribution < 1.29 is 4.79 Å². The largest absolute Gasteiger partial charge is 0.399 e. The van der Waals surface area contributed by atoms with E-state index < -0.39 is 0 Å². The Morgan fingerprint density at radius 1 is 1.21 bits per heavy atom. The van der Waals surface area contributed by atoms with Crippen molar-refractivity contribution in [1.29, 1.82) is 0 Å². The molecule has 0 saturated carbocycles. The number of nitrogens with two attached hydrogens (primary N) is 1. The lowest BCUT2D eigenvalue weighted by molar-refractivity contribution is 0.101. The lowest BCUT2D eigenvalue weighted by Gasteiger charge is -1.97. The zero-order valence-electron chi connectivity index (χ0n) is 10.5. The summed E-state index contributed by atoms with van der Waals surface area (Å²) in [7, 11) is 0. The van der Waals surface area contributed by atoms with E-state index in [1.807, 2.05) is 30.3 Å². The van der Waals surface area contributed by atoms with Crippen molar-refractivity contribution in [1.82, 2.24) is 9.97 Å². The number of benzene rings is 2. The van der Waals surface area contributed by atoms with E-state index in [9.17, 15) is 4.79 Å². The van der Waals surface area contributed by atoms with Crippen molar-refractivity contribution in [3.63, 3.8) is 0 Å². The highest BCUT2D eigenvalue weighted by molar-refractivity contribution is 5.97. The maximum absolute atomic E-state index is 11.4. The second-order valence-electron chi connectivity index (χ2n) is 4.50. The van der Waals surface area contributed by atoms with E-state index in [2.05, 4.69) is 9.97 Å². The maximum atomic E-state index is 11.4. The summed E-state index contributed by atoms with van der Waals surface area (Å²) in [6.45, 7) is 1.55. The Morgan fingerprint density at radius 2 is 2.05 bits per heavy atom. The van der Waals surface area contributed by atoms with Gasteiger partial charge in [-0.05, 0) is 37.3 Å². The van der Waals surface area contributed by atoms with E-state index in [1.165, 1.54) is 0 Å². The average Bonchev–Trinajstić information content (AvgIpc) is 2.81. The number of aromatic amines is 1. The third-order valence-electron chi connectivity index (χ3n) is 3.05. The number of anilines is 1. The lowest BCUT2D eigenvalue weighted by atomic mass is 10.1. The minimum absolute atomic E-state index is 0.0374. The van der Waals surface area contributed by atoms with Gasteiger partial charge in [-0.15, -0.1) is 0 Å². The standard InChI is InChI=1S/C15H13N3O/c1-9(19)10-5-6-13-14(8-10)18-15(17-13)11-3-2-4-12(16)7-11/h2-8H,16H2,1H3,(H,17,18). The number of hydrogen-bond donors (Lipinski definition) is 2. The molecule has 0 fully saturated rings. The Bertz CT molecular complexity index is 774. The first-order chi connectivity index (χ1) is 9.13. The SMILES string of the molecule is CC(=O)c1ccc2[nH]c(-c3cccc(N)c3)nc2c1. The van der Waals surface area contributed by atoms with E-state index >= 15 is 0 Å². The zero-order chi connectivity index (χ0) is 13.4. The number of hydrogen-bond acceptors (Lipinski definition) is 3. The van der Waals surface area contributed by atoms with E-state index in [-0.39, 0.29) is 5.78 Å². The Labute approximate surface area is 110 Å². The molecular weight excluding hydrogens is 238 g/mol. The highest BCUT2D eigenvalue weighted by Gasteiger charge is 2.07. The molecule has 0 atom stereocenters. The summed E-state index contributed by atoms with van der Waals surface area (Å²) in [6.07, 6.45) is 0. The number of carbonyl (C=O) groups is 1. The first-order valence-electron chi connectivity index (χ1n) is 6.00. The lowest BCUT2D eigenvalue weighted by Crippen LogP contribution is -1.90. The minimum atomic E-state index is 0.0374. The van der Waals surface area contributed by atoms with Gasteiger partial charge in [0.15, 0.2) is 5.78 Å². The topological polar surface area (TPSA) is 71.8 Å². The van der Waals surface area contributed by atoms with Gasteiger partial charge in [0.2, 0.25) is 0 Å². The molecule has 0 aliphatic heterocycles. The van der Waals surface area contributed by atoms with Crippen LogP contribution < -0.4 is 5.73 Å². The molecule has 4 nitrogen and oxygen atoms in total. The van der Waals surface area contributed by atoms with Crippen molar-refractivity contribution in [2.75, 3.05) is 5.73 Å². The van der Waals surface area contributed by atoms with Crippen LogP contribution in [0.25, 0.3) is 22.4 Å². The van der Waals surface area contributed by atoms with Gasteiger partial charge in [-0.2, -0.15) is 0 Å². The summed E-state index contributed by atoms with van der Waals surface area (Å²) in [6, 6.07) is 13.0. The molecule has 1 aromatic heterocycles. The summed E-state index contributed by atoms with van der Waals surface area (Å²) >= 11 is 0. The van der Waals surface area contributed by atoms with E-state index in [1.54, 1.807) is 19.1 Å². The van der Waals surface area contributed by atoms with Crippen LogP contribution in [0.4, 0.5) is 5.69 Å². The van der Waals surface area contributed by atoms with Crippen molar-refractivity contribution in [3.8, 4) is 11.4 Å². The Balaban J connectivity index is 2.14. The fraction of sp³-hybridized carbons (Fsp3) is 0.0667. The fourth-order valence-corrected chi connectivity index (χ4v) is 2.05. The second kappa shape index (κ2) is 4.24. The van der Waals surface area contributed by atoms with Crippen LogP contribution in [0, 0.1) is 0 Å². The third-order valence-corrected chi connectivity index (χ3v) is 3.05. The van der Waals surface area contributed by atoms with Crippen LogP contribution in [-0.4, -0.2) is 15.8 Å². The number of Topliss-reactive ketones (excluding diaryl/α,β-unsaturated/α-hetero) is 1. The summed E-state index contributed by atoms with van der Waals surface area (Å²) in [5.74, 6) is 0.790. The van der Waals surface area contributed by atoms with Gasteiger partial charge in [-0.3, -0.25) is 4.79 Å². The third kappa shape index (κ3) is 2.08. The number of H-pyrrole nitrogens is 1. The molecule has 0 aliphatic rings. The molecule has 0 radical (unpaired) electrons. The van der Waals surface area contributed by atoms with E-state index in [4.69, 9.17) is 5.73 Å². The number of fused-ring (bicyclic) bond motifs is 1. The van der Waals surface area contributed by atoms with Gasteiger partial charge in [0.1, 0.15) is 5.82 Å². The van der Waals surface area contributed by atoms with Gasteiger partial charge in [-0.25, -0.2) is 4.98 Å². The predicted molar refractivity (Wildman–Crippen MR) is 75.9 cm³/mol.